The van der Waals surface area contributed by atoms with Gasteiger partial charge in [0.15, 0.2) is 0 Å². The zero-order valence-electron chi connectivity index (χ0n) is 11.2. The molecule has 0 unspecified atom stereocenters. The van der Waals surface area contributed by atoms with Crippen molar-refractivity contribution in [3.63, 3.8) is 0 Å². The lowest BCUT2D eigenvalue weighted by Gasteiger charge is -2.33. The summed E-state index contributed by atoms with van der Waals surface area (Å²) in [6.07, 6.45) is 2.50. The van der Waals surface area contributed by atoms with Crippen molar-refractivity contribution in [2.24, 2.45) is 0 Å². The van der Waals surface area contributed by atoms with E-state index in [1.807, 2.05) is 0 Å². The molecule has 1 fully saturated rings. The van der Waals surface area contributed by atoms with Crippen LogP contribution in [0.2, 0.25) is 0 Å². The smallest absolute Gasteiger partial charge is 0.0366 e. The molecule has 1 N–H and O–H groups in total. The first-order valence-electron chi connectivity index (χ1n) is 6.72. The summed E-state index contributed by atoms with van der Waals surface area (Å²) in [7, 11) is 2.22. The minimum absolute atomic E-state index is 0.619. The summed E-state index contributed by atoms with van der Waals surface area (Å²) >= 11 is 0. The molecular formula is C15H24N2. The van der Waals surface area contributed by atoms with Gasteiger partial charge in [-0.1, -0.05) is 26.0 Å². The van der Waals surface area contributed by atoms with Gasteiger partial charge in [-0.3, -0.25) is 0 Å². The van der Waals surface area contributed by atoms with Gasteiger partial charge in [0.25, 0.3) is 0 Å². The van der Waals surface area contributed by atoms with Crippen molar-refractivity contribution >= 4 is 5.69 Å². The Morgan fingerprint density at radius 3 is 2.24 bits per heavy atom. The maximum Gasteiger partial charge on any atom is 0.0366 e. The van der Waals surface area contributed by atoms with Gasteiger partial charge < -0.3 is 10.2 Å². The summed E-state index contributed by atoms with van der Waals surface area (Å²) < 4.78 is 0. The number of hydrogen-bond donors (Lipinski definition) is 1. The van der Waals surface area contributed by atoms with Crippen LogP contribution in [0.25, 0.3) is 0 Å². The predicted molar refractivity (Wildman–Crippen MR) is 74.8 cm³/mol. The molecular weight excluding hydrogens is 208 g/mol. The average molecular weight is 232 g/mol. The highest BCUT2D eigenvalue weighted by atomic mass is 15.1. The van der Waals surface area contributed by atoms with Crippen LogP contribution in [0.3, 0.4) is 0 Å². The van der Waals surface area contributed by atoms with Crippen LogP contribution in [0.15, 0.2) is 24.3 Å². The number of benzene rings is 1. The Morgan fingerprint density at radius 1 is 1.12 bits per heavy atom. The third-order valence-electron chi connectivity index (χ3n) is 3.82. The van der Waals surface area contributed by atoms with Crippen molar-refractivity contribution in [2.75, 3.05) is 25.0 Å². The van der Waals surface area contributed by atoms with Gasteiger partial charge >= 0.3 is 0 Å². The van der Waals surface area contributed by atoms with Crippen molar-refractivity contribution in [3.05, 3.63) is 29.8 Å². The molecule has 2 nitrogen and oxygen atoms in total. The van der Waals surface area contributed by atoms with Crippen LogP contribution in [0.1, 0.15) is 38.2 Å². The molecule has 0 aliphatic carbocycles. The van der Waals surface area contributed by atoms with Crippen LogP contribution in [0.4, 0.5) is 5.69 Å². The van der Waals surface area contributed by atoms with E-state index in [1.54, 1.807) is 0 Å². The average Bonchev–Trinajstić information content (AvgIpc) is 2.39. The fourth-order valence-corrected chi connectivity index (χ4v) is 2.50. The van der Waals surface area contributed by atoms with Gasteiger partial charge in [-0.2, -0.15) is 0 Å². The van der Waals surface area contributed by atoms with E-state index in [0.29, 0.717) is 12.0 Å². The second-order valence-corrected chi connectivity index (χ2v) is 5.34. The largest absolute Gasteiger partial charge is 0.372 e. The number of anilines is 1. The van der Waals surface area contributed by atoms with Crippen LogP contribution >= 0.6 is 0 Å². The zero-order chi connectivity index (χ0) is 12.3. The summed E-state index contributed by atoms with van der Waals surface area (Å²) in [4.78, 5) is 2.44. The Labute approximate surface area is 105 Å². The number of nitrogens with zero attached hydrogens (tertiary/aromatic N) is 1. The summed E-state index contributed by atoms with van der Waals surface area (Å²) in [5, 5.41) is 3.42. The summed E-state index contributed by atoms with van der Waals surface area (Å²) in [6, 6.07) is 9.74. The Balaban J connectivity index is 2.05. The molecule has 17 heavy (non-hydrogen) atoms. The van der Waals surface area contributed by atoms with Crippen LogP contribution in [-0.2, 0) is 0 Å². The van der Waals surface area contributed by atoms with Gasteiger partial charge in [-0.05, 0) is 49.5 Å². The van der Waals surface area contributed by atoms with Crippen molar-refractivity contribution in [2.45, 2.75) is 38.6 Å². The van der Waals surface area contributed by atoms with Crippen LogP contribution in [0.5, 0.6) is 0 Å². The fraction of sp³-hybridized carbons (Fsp3) is 0.600. The second kappa shape index (κ2) is 5.54. The second-order valence-electron chi connectivity index (χ2n) is 5.34. The fourth-order valence-electron chi connectivity index (χ4n) is 2.50. The summed E-state index contributed by atoms with van der Waals surface area (Å²) in [5.41, 5.74) is 2.77. The highest BCUT2D eigenvalue weighted by molar-refractivity contribution is 5.48. The van der Waals surface area contributed by atoms with Gasteiger partial charge in [0.05, 0.1) is 0 Å². The van der Waals surface area contributed by atoms with Crippen LogP contribution < -0.4 is 10.2 Å². The Hall–Kier alpha value is -1.02. The predicted octanol–water partition coefficient (Wildman–Crippen LogP) is 3.00. The molecule has 1 aromatic carbocycles. The maximum atomic E-state index is 3.42. The molecule has 0 saturated carbocycles. The van der Waals surface area contributed by atoms with Gasteiger partial charge in [-0.15, -0.1) is 0 Å². The Morgan fingerprint density at radius 2 is 1.71 bits per heavy atom. The monoisotopic (exact) mass is 232 g/mol. The van der Waals surface area contributed by atoms with E-state index < -0.39 is 0 Å². The van der Waals surface area contributed by atoms with Gasteiger partial charge in [-0.25, -0.2) is 0 Å². The molecule has 1 aliphatic rings. The van der Waals surface area contributed by atoms with E-state index in [1.165, 1.54) is 24.1 Å². The van der Waals surface area contributed by atoms with E-state index in [2.05, 4.69) is 55.4 Å². The first-order chi connectivity index (χ1) is 8.18. The topological polar surface area (TPSA) is 15.3 Å². The molecule has 1 heterocycles. The van der Waals surface area contributed by atoms with Crippen molar-refractivity contribution < 1.29 is 0 Å². The highest BCUT2D eigenvalue weighted by Crippen LogP contribution is 2.22. The molecule has 1 saturated heterocycles. The number of piperidine rings is 1. The number of nitrogens with one attached hydrogen (secondary N) is 1. The van der Waals surface area contributed by atoms with Crippen molar-refractivity contribution in [1.82, 2.24) is 5.32 Å². The van der Waals surface area contributed by atoms with Gasteiger partial charge in [0.1, 0.15) is 0 Å². The molecule has 0 radical (unpaired) electrons. The lowest BCUT2D eigenvalue weighted by Crippen LogP contribution is -2.41. The molecule has 0 atom stereocenters. The minimum atomic E-state index is 0.619. The molecule has 94 valence electrons. The highest BCUT2D eigenvalue weighted by Gasteiger charge is 2.17. The Bertz CT molecular complexity index is 336. The minimum Gasteiger partial charge on any atom is -0.372 e. The molecule has 0 amide bonds. The van der Waals surface area contributed by atoms with E-state index >= 15 is 0 Å². The molecule has 0 aromatic heterocycles. The van der Waals surface area contributed by atoms with E-state index in [-0.39, 0.29) is 0 Å². The SMILES string of the molecule is CC(C)c1ccc(N(C)C2CCNCC2)cc1. The third kappa shape index (κ3) is 3.01. The molecule has 2 rings (SSSR count). The van der Waals surface area contributed by atoms with E-state index in [4.69, 9.17) is 0 Å². The van der Waals surface area contributed by atoms with E-state index in [9.17, 15) is 0 Å². The van der Waals surface area contributed by atoms with Crippen LogP contribution in [0, 0.1) is 0 Å². The first kappa shape index (κ1) is 12.4. The summed E-state index contributed by atoms with van der Waals surface area (Å²) in [5.74, 6) is 0.619. The van der Waals surface area contributed by atoms with Crippen molar-refractivity contribution in [1.29, 1.82) is 0 Å². The quantitative estimate of drug-likeness (QED) is 0.862. The first-order valence-corrected chi connectivity index (χ1v) is 6.72. The van der Waals surface area contributed by atoms with Gasteiger partial charge in [0, 0.05) is 18.8 Å². The molecule has 1 aliphatic heterocycles. The van der Waals surface area contributed by atoms with Crippen molar-refractivity contribution in [3.8, 4) is 0 Å². The third-order valence-corrected chi connectivity index (χ3v) is 3.82. The lowest BCUT2D eigenvalue weighted by atomic mass is 10.0. The molecule has 2 heteroatoms. The molecule has 0 bridgehead atoms. The molecule has 0 spiro atoms. The number of hydrogen-bond acceptors (Lipinski definition) is 2. The maximum absolute atomic E-state index is 3.42. The lowest BCUT2D eigenvalue weighted by molar-refractivity contribution is 0.443. The molecule has 1 aromatic rings. The zero-order valence-corrected chi connectivity index (χ0v) is 11.2. The number of rotatable bonds is 3. The Kier molecular flexibility index (Phi) is 4.06. The van der Waals surface area contributed by atoms with Crippen LogP contribution in [-0.4, -0.2) is 26.2 Å². The standard InChI is InChI=1S/C15H24N2/c1-12(2)13-4-6-14(7-5-13)17(3)15-8-10-16-11-9-15/h4-7,12,15-16H,8-11H2,1-3H3. The summed E-state index contributed by atoms with van der Waals surface area (Å²) in [6.45, 7) is 6.79. The normalized spacial score (nSPS) is 17.4. The van der Waals surface area contributed by atoms with Gasteiger partial charge in [0.2, 0.25) is 0 Å². The van der Waals surface area contributed by atoms with E-state index in [0.717, 1.165) is 13.1 Å².